The number of rotatable bonds is 4. The molecule has 7 nitrogen and oxygen atoms in total. The number of aromatic nitrogens is 5. The molecule has 0 aliphatic rings. The van der Waals surface area contributed by atoms with Crippen LogP contribution in [-0.4, -0.2) is 23.1 Å². The van der Waals surface area contributed by atoms with Crippen LogP contribution in [0.15, 0.2) is 70.4 Å². The third-order valence-corrected chi connectivity index (χ3v) is 6.33. The van der Waals surface area contributed by atoms with E-state index in [1.807, 2.05) is 66.9 Å². The second-order valence-corrected chi connectivity index (χ2v) is 8.34. The summed E-state index contributed by atoms with van der Waals surface area (Å²) in [6, 6.07) is 18.0. The minimum Gasteiger partial charge on any atom is -0.307 e. The molecule has 0 radical (unpaired) electrons. The highest BCUT2D eigenvalue weighted by Gasteiger charge is 2.22. The van der Waals surface area contributed by atoms with Crippen molar-refractivity contribution in [1.82, 2.24) is 23.1 Å². The van der Waals surface area contributed by atoms with Gasteiger partial charge in [-0.3, -0.25) is 18.3 Å². The first-order valence-corrected chi connectivity index (χ1v) is 10.7. The first-order valence-electron chi connectivity index (χ1n) is 10.7. The Bertz CT molecular complexity index is 1580. The lowest BCUT2D eigenvalue weighted by molar-refractivity contribution is 0.638. The molecule has 2 aromatic carbocycles. The average molecular weight is 428 g/mol. The Hall–Kier alpha value is -3.87. The van der Waals surface area contributed by atoms with Crippen molar-refractivity contribution in [1.29, 1.82) is 0 Å². The smallest absolute Gasteiger partial charge is 0.307 e. The monoisotopic (exact) mass is 427 g/mol. The average Bonchev–Trinajstić information content (AvgIpc) is 3.31. The predicted octanol–water partition coefficient (Wildman–Crippen LogP) is 3.42. The zero-order valence-electron chi connectivity index (χ0n) is 18.6. The highest BCUT2D eigenvalue weighted by Crippen LogP contribution is 2.25. The number of aryl methyl sites for hydroxylation is 3. The van der Waals surface area contributed by atoms with E-state index in [0.717, 1.165) is 22.4 Å². The fourth-order valence-corrected chi connectivity index (χ4v) is 4.48. The Morgan fingerprint density at radius 2 is 1.66 bits per heavy atom. The van der Waals surface area contributed by atoms with Crippen LogP contribution < -0.4 is 11.2 Å². The standard InChI is InChI=1S/C25H25N5O2/c1-16-10-8-9-13-20(16)15-29-23(31)21-22(27(4)25(29)32)26-24-28(21)14-17(2)30(24)18(3)19-11-6-5-7-12-19/h5-14,18H,15H2,1-4H3/t18-/m1/s1. The van der Waals surface area contributed by atoms with Crippen LogP contribution in [0, 0.1) is 13.8 Å². The first kappa shape index (κ1) is 20.1. The van der Waals surface area contributed by atoms with E-state index in [1.54, 1.807) is 7.05 Å². The van der Waals surface area contributed by atoms with Crippen molar-refractivity contribution in [2.45, 2.75) is 33.4 Å². The molecule has 0 saturated heterocycles. The molecule has 0 aliphatic heterocycles. The van der Waals surface area contributed by atoms with E-state index in [0.29, 0.717) is 16.9 Å². The molecule has 7 heteroatoms. The summed E-state index contributed by atoms with van der Waals surface area (Å²) in [5, 5.41) is 0. The normalized spacial score (nSPS) is 12.6. The summed E-state index contributed by atoms with van der Waals surface area (Å²) >= 11 is 0. The maximum Gasteiger partial charge on any atom is 0.332 e. The van der Waals surface area contributed by atoms with Gasteiger partial charge in [-0.2, -0.15) is 4.98 Å². The van der Waals surface area contributed by atoms with Crippen molar-refractivity contribution in [2.24, 2.45) is 7.05 Å². The molecule has 0 aliphatic carbocycles. The van der Waals surface area contributed by atoms with Crippen molar-refractivity contribution in [2.75, 3.05) is 0 Å². The summed E-state index contributed by atoms with van der Waals surface area (Å²) in [5.41, 5.74) is 4.23. The maximum absolute atomic E-state index is 13.5. The molecule has 5 aromatic rings. The third-order valence-electron chi connectivity index (χ3n) is 6.33. The van der Waals surface area contributed by atoms with Crippen LogP contribution >= 0.6 is 0 Å². The van der Waals surface area contributed by atoms with Gasteiger partial charge in [-0.15, -0.1) is 0 Å². The molecule has 0 spiro atoms. The summed E-state index contributed by atoms with van der Waals surface area (Å²) < 4.78 is 6.69. The quantitative estimate of drug-likeness (QED) is 0.441. The molecule has 0 saturated carbocycles. The zero-order chi connectivity index (χ0) is 22.6. The number of imidazole rings is 2. The van der Waals surface area contributed by atoms with E-state index in [2.05, 4.69) is 23.6 Å². The summed E-state index contributed by atoms with van der Waals surface area (Å²) in [6.07, 6.45) is 1.92. The fourth-order valence-electron chi connectivity index (χ4n) is 4.48. The molecular weight excluding hydrogens is 402 g/mol. The molecule has 0 amide bonds. The number of hydrogen-bond acceptors (Lipinski definition) is 3. The van der Waals surface area contributed by atoms with Crippen LogP contribution in [-0.2, 0) is 13.6 Å². The summed E-state index contributed by atoms with van der Waals surface area (Å²) in [6.45, 7) is 6.32. The van der Waals surface area contributed by atoms with Crippen LogP contribution in [0.2, 0.25) is 0 Å². The van der Waals surface area contributed by atoms with Crippen LogP contribution in [0.5, 0.6) is 0 Å². The molecule has 0 fully saturated rings. The van der Waals surface area contributed by atoms with Crippen LogP contribution in [0.3, 0.4) is 0 Å². The summed E-state index contributed by atoms with van der Waals surface area (Å²) in [5.74, 6) is 0.648. The number of hydrogen-bond donors (Lipinski definition) is 0. The molecule has 162 valence electrons. The Balaban J connectivity index is 1.76. The van der Waals surface area contributed by atoms with Gasteiger partial charge >= 0.3 is 5.69 Å². The Kier molecular flexibility index (Phi) is 4.62. The van der Waals surface area contributed by atoms with Gasteiger partial charge in [0.15, 0.2) is 11.2 Å². The van der Waals surface area contributed by atoms with E-state index in [1.165, 1.54) is 9.13 Å². The number of benzene rings is 2. The highest BCUT2D eigenvalue weighted by molar-refractivity contribution is 5.75. The molecule has 0 bridgehead atoms. The summed E-state index contributed by atoms with van der Waals surface area (Å²) in [7, 11) is 1.67. The van der Waals surface area contributed by atoms with Gasteiger partial charge in [0.1, 0.15) is 0 Å². The van der Waals surface area contributed by atoms with Gasteiger partial charge in [0.25, 0.3) is 5.56 Å². The second-order valence-electron chi connectivity index (χ2n) is 8.34. The van der Waals surface area contributed by atoms with Gasteiger partial charge < -0.3 is 4.57 Å². The number of nitrogens with zero attached hydrogens (tertiary/aromatic N) is 5. The minimum absolute atomic E-state index is 0.0248. The third kappa shape index (κ3) is 2.92. The summed E-state index contributed by atoms with van der Waals surface area (Å²) in [4.78, 5) is 31.4. The van der Waals surface area contributed by atoms with Crippen LogP contribution in [0.25, 0.3) is 16.9 Å². The lowest BCUT2D eigenvalue weighted by Gasteiger charge is -2.16. The molecule has 3 aromatic heterocycles. The minimum atomic E-state index is -0.370. The van der Waals surface area contributed by atoms with E-state index in [-0.39, 0.29) is 23.8 Å². The molecule has 1 atom stereocenters. The van der Waals surface area contributed by atoms with E-state index < -0.39 is 0 Å². The van der Waals surface area contributed by atoms with Crippen molar-refractivity contribution in [3.8, 4) is 0 Å². The molecule has 5 rings (SSSR count). The Labute approximate surface area is 184 Å². The molecule has 32 heavy (non-hydrogen) atoms. The van der Waals surface area contributed by atoms with Gasteiger partial charge in [0, 0.05) is 18.9 Å². The Morgan fingerprint density at radius 3 is 2.38 bits per heavy atom. The SMILES string of the molecule is Cc1ccccc1Cn1c(=O)c2c(nc3n([C@H](C)c4ccccc4)c(C)cn23)n(C)c1=O. The van der Waals surface area contributed by atoms with Crippen molar-refractivity contribution >= 4 is 16.9 Å². The maximum atomic E-state index is 13.5. The lowest BCUT2D eigenvalue weighted by atomic mass is 10.1. The van der Waals surface area contributed by atoms with E-state index in [9.17, 15) is 9.59 Å². The van der Waals surface area contributed by atoms with Crippen LogP contribution in [0.4, 0.5) is 0 Å². The highest BCUT2D eigenvalue weighted by atomic mass is 16.2. The van der Waals surface area contributed by atoms with Gasteiger partial charge in [0.05, 0.1) is 12.6 Å². The first-order chi connectivity index (χ1) is 15.4. The topological polar surface area (TPSA) is 66.2 Å². The zero-order valence-corrected chi connectivity index (χ0v) is 18.6. The van der Waals surface area contributed by atoms with E-state index >= 15 is 0 Å². The van der Waals surface area contributed by atoms with E-state index in [4.69, 9.17) is 4.98 Å². The fraction of sp³-hybridized carbons (Fsp3) is 0.240. The van der Waals surface area contributed by atoms with Gasteiger partial charge in [-0.1, -0.05) is 54.6 Å². The van der Waals surface area contributed by atoms with Crippen molar-refractivity contribution in [3.05, 3.63) is 104 Å². The number of fused-ring (bicyclic) bond motifs is 3. The van der Waals surface area contributed by atoms with Crippen molar-refractivity contribution < 1.29 is 0 Å². The molecular formula is C25H25N5O2. The largest absolute Gasteiger partial charge is 0.332 e. The van der Waals surface area contributed by atoms with Gasteiger partial charge in [0.2, 0.25) is 5.78 Å². The van der Waals surface area contributed by atoms with Gasteiger partial charge in [-0.05, 0) is 37.5 Å². The van der Waals surface area contributed by atoms with Gasteiger partial charge in [-0.25, -0.2) is 4.79 Å². The van der Waals surface area contributed by atoms with Crippen molar-refractivity contribution in [3.63, 3.8) is 0 Å². The Morgan fingerprint density at radius 1 is 0.969 bits per heavy atom. The predicted molar refractivity (Wildman–Crippen MR) is 125 cm³/mol. The second kappa shape index (κ2) is 7.37. The molecule has 3 heterocycles. The lowest BCUT2D eigenvalue weighted by Crippen LogP contribution is -2.39. The molecule has 0 unspecified atom stereocenters. The molecule has 0 N–H and O–H groups in total. The van der Waals surface area contributed by atoms with Crippen LogP contribution in [0.1, 0.15) is 35.3 Å².